The minimum absolute atomic E-state index is 0.171. The predicted octanol–water partition coefficient (Wildman–Crippen LogP) is 2.57. The van der Waals surface area contributed by atoms with E-state index in [0.29, 0.717) is 11.3 Å². The number of pyridine rings is 1. The number of aromatic nitrogens is 4. The summed E-state index contributed by atoms with van der Waals surface area (Å²) in [5.41, 5.74) is 1.81. The minimum Gasteiger partial charge on any atom is -0.322 e. The zero-order valence-electron chi connectivity index (χ0n) is 10.8. The first-order valence-electron chi connectivity index (χ1n) is 6.11. The molecule has 0 fully saturated rings. The lowest BCUT2D eigenvalue weighted by molar-refractivity contribution is 0.102. The lowest BCUT2D eigenvalue weighted by Crippen LogP contribution is -2.13. The van der Waals surface area contributed by atoms with E-state index in [1.807, 2.05) is 18.2 Å². The molecule has 3 aromatic rings. The zero-order valence-corrected chi connectivity index (χ0v) is 11.5. The Hall–Kier alpha value is -2.73. The van der Waals surface area contributed by atoms with Crippen LogP contribution in [0, 0.1) is 0 Å². The quantitative estimate of drug-likeness (QED) is 0.754. The maximum absolute atomic E-state index is 12.2. The van der Waals surface area contributed by atoms with E-state index in [1.54, 1.807) is 35.4 Å². The molecule has 0 saturated carbocycles. The van der Waals surface area contributed by atoms with Crippen LogP contribution in [0.4, 0.5) is 5.69 Å². The van der Waals surface area contributed by atoms with Crippen molar-refractivity contribution in [3.05, 3.63) is 66.0 Å². The second kappa shape index (κ2) is 5.72. The van der Waals surface area contributed by atoms with Gasteiger partial charge < -0.3 is 5.32 Å². The van der Waals surface area contributed by atoms with Gasteiger partial charge in [-0.05, 0) is 30.3 Å². The number of carbonyl (C=O) groups excluding carboxylic acids is 1. The molecule has 0 aliphatic rings. The average Bonchev–Trinajstić information content (AvgIpc) is 3.02. The molecule has 0 unspecified atom stereocenters. The largest absolute Gasteiger partial charge is 0.322 e. The summed E-state index contributed by atoms with van der Waals surface area (Å²) in [5.74, 6) is -0.311. The summed E-state index contributed by atoms with van der Waals surface area (Å²) in [6, 6.07) is 10.6. The first-order chi connectivity index (χ1) is 10.2. The molecule has 1 aromatic carbocycles. The normalized spacial score (nSPS) is 10.3. The molecule has 6 nitrogen and oxygen atoms in total. The molecule has 0 aliphatic carbocycles. The van der Waals surface area contributed by atoms with Crippen molar-refractivity contribution in [2.45, 2.75) is 0 Å². The molecule has 0 aliphatic heterocycles. The second-order valence-electron chi connectivity index (χ2n) is 4.22. The van der Waals surface area contributed by atoms with Crippen molar-refractivity contribution in [3.63, 3.8) is 0 Å². The van der Waals surface area contributed by atoms with Crippen LogP contribution in [0.3, 0.4) is 0 Å². The number of hydrogen-bond donors (Lipinski definition) is 1. The Morgan fingerprint density at radius 3 is 2.71 bits per heavy atom. The van der Waals surface area contributed by atoms with Gasteiger partial charge in [0.2, 0.25) is 0 Å². The predicted molar refractivity (Wildman–Crippen MR) is 78.6 cm³/mol. The van der Waals surface area contributed by atoms with Crippen molar-refractivity contribution >= 4 is 23.2 Å². The van der Waals surface area contributed by atoms with Crippen LogP contribution >= 0.6 is 11.6 Å². The summed E-state index contributed by atoms with van der Waals surface area (Å²) in [5, 5.41) is 10.5. The van der Waals surface area contributed by atoms with Crippen LogP contribution in [0.5, 0.6) is 0 Å². The summed E-state index contributed by atoms with van der Waals surface area (Å²) >= 11 is 5.91. The third-order valence-corrected chi connectivity index (χ3v) is 3.13. The Morgan fingerprint density at radius 1 is 1.14 bits per heavy atom. The second-order valence-corrected chi connectivity index (χ2v) is 4.57. The number of nitrogens with zero attached hydrogens (tertiary/aromatic N) is 4. The zero-order chi connectivity index (χ0) is 14.7. The van der Waals surface area contributed by atoms with Gasteiger partial charge in [0.05, 0.1) is 11.3 Å². The van der Waals surface area contributed by atoms with E-state index in [4.69, 9.17) is 11.6 Å². The summed E-state index contributed by atoms with van der Waals surface area (Å²) in [6.07, 6.45) is 4.70. The average molecular weight is 300 g/mol. The van der Waals surface area contributed by atoms with E-state index >= 15 is 0 Å². The number of amides is 1. The summed E-state index contributed by atoms with van der Waals surface area (Å²) in [4.78, 5) is 16.0. The van der Waals surface area contributed by atoms with Gasteiger partial charge in [0.1, 0.15) is 17.8 Å². The van der Waals surface area contributed by atoms with E-state index < -0.39 is 0 Å². The van der Waals surface area contributed by atoms with Crippen molar-refractivity contribution in [1.29, 1.82) is 0 Å². The van der Waals surface area contributed by atoms with Crippen LogP contribution in [-0.4, -0.2) is 25.7 Å². The van der Waals surface area contributed by atoms with Crippen molar-refractivity contribution < 1.29 is 4.79 Å². The Labute approximate surface area is 125 Å². The van der Waals surface area contributed by atoms with Crippen molar-refractivity contribution in [2.24, 2.45) is 0 Å². The number of anilines is 1. The number of benzene rings is 1. The number of rotatable bonds is 3. The van der Waals surface area contributed by atoms with E-state index in [2.05, 4.69) is 20.5 Å². The van der Waals surface area contributed by atoms with Crippen LogP contribution in [0.2, 0.25) is 5.15 Å². The molecule has 7 heteroatoms. The van der Waals surface area contributed by atoms with Crippen LogP contribution in [0.25, 0.3) is 5.69 Å². The van der Waals surface area contributed by atoms with Gasteiger partial charge in [0.25, 0.3) is 5.91 Å². The molecular formula is C14H10ClN5O. The topological polar surface area (TPSA) is 72.7 Å². The molecule has 0 saturated heterocycles. The lowest BCUT2D eigenvalue weighted by Gasteiger charge is -2.08. The van der Waals surface area contributed by atoms with Crippen LogP contribution in [0.15, 0.2) is 55.2 Å². The number of hydrogen-bond acceptors (Lipinski definition) is 4. The third kappa shape index (κ3) is 2.90. The minimum atomic E-state index is -0.311. The van der Waals surface area contributed by atoms with Gasteiger partial charge in [0.15, 0.2) is 0 Å². The molecule has 1 amide bonds. The molecular weight excluding hydrogens is 290 g/mol. The molecule has 0 spiro atoms. The Balaban J connectivity index is 1.84. The monoisotopic (exact) mass is 299 g/mol. The standard InChI is InChI=1S/C14H10ClN5O/c15-13-12(5-2-6-16-13)14(21)19-10-3-1-4-11(7-10)20-8-17-18-9-20/h1-9H,(H,19,21). The van der Waals surface area contributed by atoms with Gasteiger partial charge in [-0.25, -0.2) is 4.98 Å². The van der Waals surface area contributed by atoms with Crippen LogP contribution < -0.4 is 5.32 Å². The highest BCUT2D eigenvalue weighted by molar-refractivity contribution is 6.33. The third-order valence-electron chi connectivity index (χ3n) is 2.82. The maximum Gasteiger partial charge on any atom is 0.258 e. The van der Waals surface area contributed by atoms with Gasteiger partial charge in [-0.1, -0.05) is 17.7 Å². The smallest absolute Gasteiger partial charge is 0.258 e. The molecule has 21 heavy (non-hydrogen) atoms. The van der Waals surface area contributed by atoms with Gasteiger partial charge in [-0.2, -0.15) is 0 Å². The Kier molecular flexibility index (Phi) is 3.61. The van der Waals surface area contributed by atoms with Crippen LogP contribution in [-0.2, 0) is 0 Å². The Morgan fingerprint density at radius 2 is 1.95 bits per heavy atom. The van der Waals surface area contributed by atoms with Crippen molar-refractivity contribution in [1.82, 2.24) is 19.7 Å². The van der Waals surface area contributed by atoms with Crippen molar-refractivity contribution in [3.8, 4) is 5.69 Å². The molecule has 0 bridgehead atoms. The molecule has 3 rings (SSSR count). The van der Waals surface area contributed by atoms with E-state index in [-0.39, 0.29) is 11.1 Å². The van der Waals surface area contributed by atoms with E-state index in [9.17, 15) is 4.79 Å². The number of nitrogens with one attached hydrogen (secondary N) is 1. The first-order valence-corrected chi connectivity index (χ1v) is 6.49. The number of carbonyl (C=O) groups is 1. The molecule has 2 heterocycles. The highest BCUT2D eigenvalue weighted by Gasteiger charge is 2.11. The fraction of sp³-hybridized carbons (Fsp3) is 0. The van der Waals surface area contributed by atoms with Gasteiger partial charge in [-0.15, -0.1) is 10.2 Å². The van der Waals surface area contributed by atoms with E-state index in [0.717, 1.165) is 5.69 Å². The summed E-state index contributed by atoms with van der Waals surface area (Å²) < 4.78 is 1.74. The molecule has 0 radical (unpaired) electrons. The van der Waals surface area contributed by atoms with Gasteiger partial charge in [0, 0.05) is 11.9 Å². The van der Waals surface area contributed by atoms with Crippen LogP contribution in [0.1, 0.15) is 10.4 Å². The maximum atomic E-state index is 12.2. The molecule has 2 aromatic heterocycles. The van der Waals surface area contributed by atoms with Crippen molar-refractivity contribution in [2.75, 3.05) is 5.32 Å². The highest BCUT2D eigenvalue weighted by Crippen LogP contribution is 2.17. The first kappa shape index (κ1) is 13.3. The summed E-state index contributed by atoms with van der Waals surface area (Å²) in [6.45, 7) is 0. The number of halogens is 1. The fourth-order valence-electron chi connectivity index (χ4n) is 1.83. The highest BCUT2D eigenvalue weighted by atomic mass is 35.5. The summed E-state index contributed by atoms with van der Waals surface area (Å²) in [7, 11) is 0. The van der Waals surface area contributed by atoms with Gasteiger partial charge >= 0.3 is 0 Å². The lowest BCUT2D eigenvalue weighted by atomic mass is 10.2. The fourth-order valence-corrected chi connectivity index (χ4v) is 2.04. The molecule has 1 N–H and O–H groups in total. The Bertz CT molecular complexity index is 773. The van der Waals surface area contributed by atoms with Gasteiger partial charge in [-0.3, -0.25) is 9.36 Å². The molecule has 104 valence electrons. The molecule has 0 atom stereocenters. The van der Waals surface area contributed by atoms with E-state index in [1.165, 1.54) is 6.20 Å². The SMILES string of the molecule is O=C(Nc1cccc(-n2cnnc2)c1)c1cccnc1Cl.